The van der Waals surface area contributed by atoms with Crippen LogP contribution in [0, 0.1) is 5.92 Å². The summed E-state index contributed by atoms with van der Waals surface area (Å²) >= 11 is 1.12. The highest BCUT2D eigenvalue weighted by molar-refractivity contribution is 14.1. The molecule has 14 heteroatoms. The van der Waals surface area contributed by atoms with E-state index in [0.29, 0.717) is 12.1 Å². The van der Waals surface area contributed by atoms with Crippen LogP contribution in [0.4, 0.5) is 39.5 Å². The number of hydrogen-bond acceptors (Lipinski definition) is 4. The number of benzene rings is 1. The second kappa shape index (κ2) is 8.13. The molecule has 1 aliphatic carbocycles. The molecule has 1 aliphatic rings. The highest BCUT2D eigenvalue weighted by Gasteiger charge is 2.47. The smallest absolute Gasteiger partial charge is 0.388 e. The van der Waals surface area contributed by atoms with Crippen LogP contribution in [0.25, 0.3) is 0 Å². The molecule has 4 nitrogen and oxygen atoms in total. The highest BCUT2D eigenvalue weighted by atomic mass is 127. The van der Waals surface area contributed by atoms with Crippen LogP contribution in [-0.4, -0.2) is 15.9 Å². The molecule has 1 aromatic heterocycles. The summed E-state index contributed by atoms with van der Waals surface area (Å²) < 4.78 is 122. The third-order valence-electron chi connectivity index (χ3n) is 4.79. The van der Waals surface area contributed by atoms with E-state index in [-0.39, 0.29) is 17.7 Å². The number of aliphatic hydroxyl groups excluding tert-OH is 1. The van der Waals surface area contributed by atoms with Gasteiger partial charge in [0.1, 0.15) is 40.5 Å². The van der Waals surface area contributed by atoms with Crippen molar-refractivity contribution in [2.24, 2.45) is 5.92 Å². The molecule has 0 saturated heterocycles. The predicted octanol–water partition coefficient (Wildman–Crippen LogP) is 6.09. The molecule has 0 bridgehead atoms. The summed E-state index contributed by atoms with van der Waals surface area (Å²) in [6.07, 6.45) is -19.2. The van der Waals surface area contributed by atoms with Crippen LogP contribution in [0.15, 0.2) is 30.3 Å². The number of rotatable bonds is 3. The van der Waals surface area contributed by atoms with Crippen LogP contribution in [0.1, 0.15) is 50.6 Å². The zero-order chi connectivity index (χ0) is 24.2. The molecule has 0 saturated carbocycles. The average molecular weight is 585 g/mol. The maximum Gasteiger partial charge on any atom is 0.433 e. The fourth-order valence-corrected chi connectivity index (χ4v) is 3.96. The Bertz CT molecular complexity index is 1020. The van der Waals surface area contributed by atoms with Crippen molar-refractivity contribution >= 4 is 28.8 Å². The Hall–Kier alpha value is -1.94. The second-order valence-electron chi connectivity index (χ2n) is 6.81. The van der Waals surface area contributed by atoms with Crippen molar-refractivity contribution in [3.05, 3.63) is 64.0 Å². The number of aliphatic hydroxyl groups is 1. The van der Waals surface area contributed by atoms with E-state index in [1.54, 1.807) is 0 Å². The highest BCUT2D eigenvalue weighted by Crippen LogP contribution is 2.47. The molecule has 2 aromatic rings. The van der Waals surface area contributed by atoms with Crippen LogP contribution in [0.5, 0.6) is 0 Å². The molecular weight excluding hydrogens is 576 g/mol. The summed E-state index contributed by atoms with van der Waals surface area (Å²) in [6.45, 7) is 0. The van der Waals surface area contributed by atoms with Gasteiger partial charge < -0.3 is 8.17 Å². The number of hydrogen-bond donors (Lipinski definition) is 1. The molecular formula is C18H9F9INO3. The molecule has 1 aromatic carbocycles. The number of aromatic nitrogens is 1. The van der Waals surface area contributed by atoms with Gasteiger partial charge in [-0.3, -0.25) is 4.79 Å². The average Bonchev–Trinajstić information content (AvgIpc) is 2.91. The Labute approximate surface area is 187 Å². The standard InChI is InChI=1S/C18H9F9INO3/c19-16(20,21)7-1-2-8-9(5-7)14(31)12(13(8)30)15(32-28)6-3-10(17(22,23)24)29-11(4-6)18(25,26)27/h1-5,12,14-15,31H. The van der Waals surface area contributed by atoms with Crippen LogP contribution < -0.4 is 0 Å². The molecule has 0 radical (unpaired) electrons. The quantitative estimate of drug-likeness (QED) is 0.350. The second-order valence-corrected chi connectivity index (χ2v) is 7.32. The summed E-state index contributed by atoms with van der Waals surface area (Å²) in [4.78, 5) is 15.3. The Balaban J connectivity index is 2.11. The normalized spacial score (nSPS) is 20.4. The van der Waals surface area contributed by atoms with E-state index in [1.165, 1.54) is 0 Å². The molecule has 3 rings (SSSR count). The molecule has 1 heterocycles. The molecule has 32 heavy (non-hydrogen) atoms. The zero-order valence-electron chi connectivity index (χ0n) is 15.1. The van der Waals surface area contributed by atoms with Gasteiger partial charge in [0.2, 0.25) is 0 Å². The topological polar surface area (TPSA) is 59.4 Å². The lowest BCUT2D eigenvalue weighted by atomic mass is 9.90. The first kappa shape index (κ1) is 24.7. The van der Waals surface area contributed by atoms with Crippen molar-refractivity contribution in [2.75, 3.05) is 0 Å². The molecule has 0 spiro atoms. The van der Waals surface area contributed by atoms with E-state index in [9.17, 15) is 49.4 Å². The van der Waals surface area contributed by atoms with Crippen LogP contribution in [0.2, 0.25) is 0 Å². The number of nitrogens with zero attached hydrogens (tertiary/aromatic N) is 1. The Morgan fingerprint density at radius 2 is 1.44 bits per heavy atom. The van der Waals surface area contributed by atoms with Crippen molar-refractivity contribution in [1.29, 1.82) is 0 Å². The number of fused-ring (bicyclic) bond motifs is 1. The summed E-state index contributed by atoms with van der Waals surface area (Å²) in [6, 6.07) is 2.30. The lowest BCUT2D eigenvalue weighted by Gasteiger charge is -2.24. The van der Waals surface area contributed by atoms with E-state index >= 15 is 0 Å². The fraction of sp³-hybridized carbons (Fsp3) is 0.333. The maximum atomic E-state index is 13.1. The molecule has 0 fully saturated rings. The predicted molar refractivity (Wildman–Crippen MR) is 96.3 cm³/mol. The summed E-state index contributed by atoms with van der Waals surface area (Å²) in [5, 5.41) is 10.5. The van der Waals surface area contributed by atoms with Gasteiger partial charge >= 0.3 is 18.5 Å². The number of pyridine rings is 1. The van der Waals surface area contributed by atoms with E-state index in [0.717, 1.165) is 29.1 Å². The molecule has 3 atom stereocenters. The van der Waals surface area contributed by atoms with Crippen LogP contribution in [-0.2, 0) is 21.6 Å². The van der Waals surface area contributed by atoms with Crippen LogP contribution >= 0.6 is 23.0 Å². The first-order chi connectivity index (χ1) is 14.6. The van der Waals surface area contributed by atoms with E-state index in [2.05, 4.69) is 4.98 Å². The van der Waals surface area contributed by atoms with E-state index < -0.39 is 70.5 Å². The molecule has 3 unspecified atom stereocenters. The largest absolute Gasteiger partial charge is 0.433 e. The van der Waals surface area contributed by atoms with Gasteiger partial charge in [0, 0.05) is 5.56 Å². The Morgan fingerprint density at radius 3 is 1.88 bits per heavy atom. The first-order valence-corrected chi connectivity index (χ1v) is 9.31. The van der Waals surface area contributed by atoms with Crippen molar-refractivity contribution in [1.82, 2.24) is 4.98 Å². The minimum atomic E-state index is -5.28. The third kappa shape index (κ3) is 4.57. The van der Waals surface area contributed by atoms with Crippen molar-refractivity contribution in [2.45, 2.75) is 30.7 Å². The maximum absolute atomic E-state index is 13.1. The minimum absolute atomic E-state index is 0.225. The van der Waals surface area contributed by atoms with Crippen molar-refractivity contribution in [3.8, 4) is 0 Å². The number of halogens is 10. The third-order valence-corrected chi connectivity index (χ3v) is 5.33. The monoisotopic (exact) mass is 585 g/mol. The molecule has 174 valence electrons. The van der Waals surface area contributed by atoms with Gasteiger partial charge in [-0.15, -0.1) is 0 Å². The molecule has 0 aliphatic heterocycles. The van der Waals surface area contributed by atoms with Gasteiger partial charge in [-0.2, -0.15) is 39.5 Å². The number of carbonyl (C=O) groups is 1. The first-order valence-electron chi connectivity index (χ1n) is 8.43. The van der Waals surface area contributed by atoms with Gasteiger partial charge in [0.05, 0.1) is 17.6 Å². The summed E-state index contributed by atoms with van der Waals surface area (Å²) in [7, 11) is 0. The summed E-state index contributed by atoms with van der Waals surface area (Å²) in [5.74, 6) is -2.79. The Morgan fingerprint density at radius 1 is 0.906 bits per heavy atom. The van der Waals surface area contributed by atoms with Gasteiger partial charge in [0.25, 0.3) is 0 Å². The lowest BCUT2D eigenvalue weighted by molar-refractivity contribution is -0.150. The number of Topliss-reactive ketones (excluding diaryl/α,β-unsaturated/α-hetero) is 1. The number of carbonyl (C=O) groups excluding carboxylic acids is 1. The van der Waals surface area contributed by atoms with Crippen LogP contribution in [0.3, 0.4) is 0 Å². The van der Waals surface area contributed by atoms with Crippen molar-refractivity contribution in [3.63, 3.8) is 0 Å². The van der Waals surface area contributed by atoms with Crippen molar-refractivity contribution < 1.29 is 52.5 Å². The lowest BCUT2D eigenvalue weighted by Crippen LogP contribution is -2.24. The number of ketones is 1. The van der Waals surface area contributed by atoms with E-state index in [4.69, 9.17) is 3.07 Å². The van der Waals surface area contributed by atoms with E-state index in [1.807, 2.05) is 0 Å². The zero-order valence-corrected chi connectivity index (χ0v) is 17.3. The van der Waals surface area contributed by atoms with Gasteiger partial charge in [-0.1, -0.05) is 6.07 Å². The van der Waals surface area contributed by atoms with Gasteiger partial charge in [-0.05, 0) is 35.4 Å². The molecule has 0 amide bonds. The van der Waals surface area contributed by atoms with Gasteiger partial charge in [0.15, 0.2) is 5.78 Å². The fourth-order valence-electron chi connectivity index (χ4n) is 3.35. The summed E-state index contributed by atoms with van der Waals surface area (Å²) in [5.41, 5.74) is -6.63. The number of alkyl halides is 9. The van der Waals surface area contributed by atoms with Gasteiger partial charge in [-0.25, -0.2) is 4.98 Å². The SMILES string of the molecule is O=C1c2ccc(C(F)(F)F)cc2C(O)C1C(OI)c1cc(C(F)(F)F)nc(C(F)(F)F)c1. The minimum Gasteiger partial charge on any atom is -0.388 e. The molecule has 1 N–H and O–H groups in total. The Kier molecular flexibility index (Phi) is 6.27.